The zero-order valence-corrected chi connectivity index (χ0v) is 11.6. The average molecular weight is 292 g/mol. The molecule has 6 nitrogen and oxygen atoms in total. The molecule has 1 aliphatic rings. The zero-order chi connectivity index (χ0) is 15.1. The highest BCUT2D eigenvalue weighted by molar-refractivity contribution is 5.66. The van der Waals surface area contributed by atoms with E-state index in [-0.39, 0.29) is 5.69 Å². The third-order valence-corrected chi connectivity index (χ3v) is 3.86. The standard InChI is InChI=1S/C16H12N4O2/c21-20(22)13-7-5-12(6-8-13)15-17-16-14-4-2-1-3-11(14)9-10-19(16)18-15/h1-8H,9-10H2. The summed E-state index contributed by atoms with van der Waals surface area (Å²) in [4.78, 5) is 14.9. The van der Waals surface area contributed by atoms with Crippen molar-refractivity contribution >= 4 is 5.69 Å². The molecule has 4 rings (SSSR count). The first kappa shape index (κ1) is 12.7. The summed E-state index contributed by atoms with van der Waals surface area (Å²) in [5.74, 6) is 1.46. The summed E-state index contributed by atoms with van der Waals surface area (Å²) in [6.45, 7) is 0.798. The Hall–Kier alpha value is -3.02. The van der Waals surface area contributed by atoms with Crippen LogP contribution >= 0.6 is 0 Å². The van der Waals surface area contributed by atoms with E-state index in [1.165, 1.54) is 17.7 Å². The Morgan fingerprint density at radius 3 is 2.64 bits per heavy atom. The summed E-state index contributed by atoms with van der Waals surface area (Å²) < 4.78 is 1.90. The molecule has 0 amide bonds. The maximum Gasteiger partial charge on any atom is 0.269 e. The first-order chi connectivity index (χ1) is 10.7. The lowest BCUT2D eigenvalue weighted by molar-refractivity contribution is -0.384. The molecule has 0 atom stereocenters. The smallest absolute Gasteiger partial charge is 0.258 e. The summed E-state index contributed by atoms with van der Waals surface area (Å²) >= 11 is 0. The number of non-ortho nitro benzene ring substituents is 1. The van der Waals surface area contributed by atoms with E-state index in [9.17, 15) is 10.1 Å². The number of nitro groups is 1. The lowest BCUT2D eigenvalue weighted by Gasteiger charge is -2.15. The Morgan fingerprint density at radius 1 is 1.09 bits per heavy atom. The van der Waals surface area contributed by atoms with Crippen LogP contribution in [0.5, 0.6) is 0 Å². The van der Waals surface area contributed by atoms with Crippen LogP contribution in [0.4, 0.5) is 5.69 Å². The number of nitro benzene ring substituents is 1. The fourth-order valence-electron chi connectivity index (χ4n) is 2.73. The molecule has 108 valence electrons. The molecule has 0 unspecified atom stereocenters. The number of hydrogen-bond acceptors (Lipinski definition) is 4. The van der Waals surface area contributed by atoms with Crippen LogP contribution in [0.2, 0.25) is 0 Å². The molecule has 0 bridgehead atoms. The van der Waals surface area contributed by atoms with Gasteiger partial charge in [-0.2, -0.15) is 5.10 Å². The number of benzene rings is 2. The molecule has 6 heteroatoms. The maximum atomic E-state index is 10.7. The normalized spacial score (nSPS) is 12.5. The first-order valence-corrected chi connectivity index (χ1v) is 7.00. The van der Waals surface area contributed by atoms with Gasteiger partial charge in [-0.05, 0) is 24.1 Å². The van der Waals surface area contributed by atoms with Gasteiger partial charge in [-0.1, -0.05) is 24.3 Å². The molecule has 2 aromatic carbocycles. The van der Waals surface area contributed by atoms with Gasteiger partial charge in [-0.3, -0.25) is 10.1 Å². The van der Waals surface area contributed by atoms with E-state index >= 15 is 0 Å². The van der Waals surface area contributed by atoms with E-state index in [4.69, 9.17) is 0 Å². The summed E-state index contributed by atoms with van der Waals surface area (Å²) in [6.07, 6.45) is 0.937. The monoisotopic (exact) mass is 292 g/mol. The van der Waals surface area contributed by atoms with Gasteiger partial charge in [0, 0.05) is 29.8 Å². The highest BCUT2D eigenvalue weighted by Gasteiger charge is 2.20. The quantitative estimate of drug-likeness (QED) is 0.537. The van der Waals surface area contributed by atoms with Crippen molar-refractivity contribution < 1.29 is 4.92 Å². The lowest BCUT2D eigenvalue weighted by Crippen LogP contribution is -2.11. The fraction of sp³-hybridized carbons (Fsp3) is 0.125. The van der Waals surface area contributed by atoms with Crippen LogP contribution in [-0.2, 0) is 13.0 Å². The number of fused-ring (bicyclic) bond motifs is 3. The minimum Gasteiger partial charge on any atom is -0.258 e. The van der Waals surface area contributed by atoms with Gasteiger partial charge in [0.25, 0.3) is 5.69 Å². The van der Waals surface area contributed by atoms with Crippen molar-refractivity contribution in [1.29, 1.82) is 0 Å². The number of nitrogens with zero attached hydrogens (tertiary/aromatic N) is 4. The molecule has 22 heavy (non-hydrogen) atoms. The second-order valence-electron chi connectivity index (χ2n) is 5.19. The second-order valence-corrected chi connectivity index (χ2v) is 5.19. The molecule has 1 aromatic heterocycles. The Balaban J connectivity index is 1.77. The first-order valence-electron chi connectivity index (χ1n) is 7.00. The largest absolute Gasteiger partial charge is 0.269 e. The van der Waals surface area contributed by atoms with E-state index < -0.39 is 4.92 Å². The van der Waals surface area contributed by atoms with Gasteiger partial charge in [0.1, 0.15) is 0 Å². The van der Waals surface area contributed by atoms with Crippen molar-refractivity contribution in [2.45, 2.75) is 13.0 Å². The minimum atomic E-state index is -0.411. The van der Waals surface area contributed by atoms with Crippen LogP contribution in [0.15, 0.2) is 48.5 Å². The SMILES string of the molecule is O=[N+]([O-])c1ccc(-c2nc3n(n2)CCc2ccccc2-3)cc1. The van der Waals surface area contributed by atoms with Gasteiger partial charge >= 0.3 is 0 Å². The van der Waals surface area contributed by atoms with Gasteiger partial charge in [-0.15, -0.1) is 0 Å². The summed E-state index contributed by atoms with van der Waals surface area (Å²) in [7, 11) is 0. The Morgan fingerprint density at radius 2 is 1.86 bits per heavy atom. The Labute approximate surface area is 126 Å². The van der Waals surface area contributed by atoms with Crippen molar-refractivity contribution in [3.8, 4) is 22.8 Å². The predicted octanol–water partition coefficient (Wildman–Crippen LogP) is 3.08. The molecular formula is C16H12N4O2. The van der Waals surface area contributed by atoms with Gasteiger partial charge < -0.3 is 0 Å². The van der Waals surface area contributed by atoms with Crippen LogP contribution in [0.3, 0.4) is 0 Å². The maximum absolute atomic E-state index is 10.7. The van der Waals surface area contributed by atoms with E-state index in [0.29, 0.717) is 5.82 Å². The van der Waals surface area contributed by atoms with Crippen LogP contribution in [-0.4, -0.2) is 19.7 Å². The molecule has 0 spiro atoms. The van der Waals surface area contributed by atoms with E-state index in [1.54, 1.807) is 12.1 Å². The molecule has 2 heterocycles. The van der Waals surface area contributed by atoms with E-state index in [0.717, 1.165) is 29.9 Å². The minimum absolute atomic E-state index is 0.0677. The van der Waals surface area contributed by atoms with Crippen LogP contribution in [0.25, 0.3) is 22.8 Å². The lowest BCUT2D eigenvalue weighted by atomic mass is 10.0. The number of rotatable bonds is 2. The molecule has 0 aliphatic carbocycles. The molecule has 3 aromatic rings. The third kappa shape index (κ3) is 1.96. The van der Waals surface area contributed by atoms with Crippen LogP contribution < -0.4 is 0 Å². The Bertz CT molecular complexity index is 868. The molecule has 0 saturated heterocycles. The van der Waals surface area contributed by atoms with Crippen molar-refractivity contribution in [3.05, 3.63) is 64.2 Å². The van der Waals surface area contributed by atoms with Gasteiger partial charge in [0.2, 0.25) is 0 Å². The summed E-state index contributed by atoms with van der Waals surface area (Å²) in [5.41, 5.74) is 3.23. The summed E-state index contributed by atoms with van der Waals surface area (Å²) in [6, 6.07) is 14.5. The Kier molecular flexibility index (Phi) is 2.75. The van der Waals surface area contributed by atoms with Crippen LogP contribution in [0, 0.1) is 10.1 Å². The molecular weight excluding hydrogens is 280 g/mol. The molecule has 0 fully saturated rings. The average Bonchev–Trinajstić information content (AvgIpc) is 2.99. The highest BCUT2D eigenvalue weighted by atomic mass is 16.6. The van der Waals surface area contributed by atoms with Crippen molar-refractivity contribution in [2.24, 2.45) is 0 Å². The zero-order valence-electron chi connectivity index (χ0n) is 11.6. The molecule has 0 radical (unpaired) electrons. The molecule has 0 N–H and O–H groups in total. The van der Waals surface area contributed by atoms with Gasteiger partial charge in [0.15, 0.2) is 11.6 Å². The van der Waals surface area contributed by atoms with Crippen LogP contribution in [0.1, 0.15) is 5.56 Å². The number of aryl methyl sites for hydroxylation is 2. The third-order valence-electron chi connectivity index (χ3n) is 3.86. The van der Waals surface area contributed by atoms with Crippen molar-refractivity contribution in [1.82, 2.24) is 14.8 Å². The molecule has 0 saturated carbocycles. The summed E-state index contributed by atoms with van der Waals surface area (Å²) in [5, 5.41) is 15.2. The topological polar surface area (TPSA) is 73.8 Å². The van der Waals surface area contributed by atoms with Crippen molar-refractivity contribution in [2.75, 3.05) is 0 Å². The van der Waals surface area contributed by atoms with Gasteiger partial charge in [-0.25, -0.2) is 9.67 Å². The van der Waals surface area contributed by atoms with Crippen molar-refractivity contribution in [3.63, 3.8) is 0 Å². The fourth-order valence-corrected chi connectivity index (χ4v) is 2.73. The number of hydrogen-bond donors (Lipinski definition) is 0. The highest BCUT2D eigenvalue weighted by Crippen LogP contribution is 2.29. The molecule has 1 aliphatic heterocycles. The number of aromatic nitrogens is 3. The van der Waals surface area contributed by atoms with Gasteiger partial charge in [0.05, 0.1) is 4.92 Å². The predicted molar refractivity (Wildman–Crippen MR) is 81.3 cm³/mol. The van der Waals surface area contributed by atoms with E-state index in [1.807, 2.05) is 16.8 Å². The second kappa shape index (κ2) is 4.77. The van der Waals surface area contributed by atoms with E-state index in [2.05, 4.69) is 22.2 Å².